The van der Waals surface area contributed by atoms with Crippen LogP contribution in [0.5, 0.6) is 0 Å². The molecule has 0 radical (unpaired) electrons. The topological polar surface area (TPSA) is 63.3 Å². The zero-order valence-corrected chi connectivity index (χ0v) is 8.26. The van der Waals surface area contributed by atoms with Crippen molar-refractivity contribution < 1.29 is 18.7 Å². The predicted molar refractivity (Wildman–Crippen MR) is 50.7 cm³/mol. The number of rotatable bonds is 3. The van der Waals surface area contributed by atoms with E-state index in [2.05, 4.69) is 0 Å². The van der Waals surface area contributed by atoms with Crippen molar-refractivity contribution in [2.75, 3.05) is 0 Å². The van der Waals surface area contributed by atoms with Gasteiger partial charge in [0.25, 0.3) is 0 Å². The number of hydrogen-bond acceptors (Lipinski definition) is 2. The molecule has 1 aromatic carbocycles. The van der Waals surface area contributed by atoms with Crippen LogP contribution in [0.2, 0.25) is 5.02 Å². The fourth-order valence-electron chi connectivity index (χ4n) is 1.07. The van der Waals surface area contributed by atoms with Crippen LogP contribution in [-0.2, 0) is 11.2 Å². The van der Waals surface area contributed by atoms with E-state index in [0.717, 1.165) is 12.1 Å². The minimum atomic E-state index is -1.34. The van der Waals surface area contributed by atoms with Crippen molar-refractivity contribution in [2.45, 2.75) is 12.5 Å². The lowest BCUT2D eigenvalue weighted by molar-refractivity contribution is -0.138. The number of hydrogen-bond donors (Lipinski definition) is 2. The number of halogens is 3. The van der Waals surface area contributed by atoms with Crippen molar-refractivity contribution in [3.63, 3.8) is 0 Å². The molecular formula is C9H8ClF2NO2. The zero-order valence-electron chi connectivity index (χ0n) is 7.51. The number of carbonyl (C=O) groups is 1. The predicted octanol–water partition coefficient (Wildman–Crippen LogP) is 1.57. The van der Waals surface area contributed by atoms with Gasteiger partial charge in [-0.15, -0.1) is 0 Å². The summed E-state index contributed by atoms with van der Waals surface area (Å²) in [6, 6.07) is 0.485. The minimum Gasteiger partial charge on any atom is -0.480 e. The van der Waals surface area contributed by atoms with Gasteiger partial charge in [-0.2, -0.15) is 0 Å². The SMILES string of the molecule is N[C@@H](Cc1c(F)cc(Cl)cc1F)C(=O)O. The van der Waals surface area contributed by atoms with Crippen molar-refractivity contribution in [3.8, 4) is 0 Å². The molecule has 0 aromatic heterocycles. The molecule has 3 nitrogen and oxygen atoms in total. The molecule has 0 saturated heterocycles. The molecule has 0 aliphatic heterocycles. The van der Waals surface area contributed by atoms with Crippen molar-refractivity contribution in [2.24, 2.45) is 5.73 Å². The van der Waals surface area contributed by atoms with E-state index in [1.165, 1.54) is 0 Å². The summed E-state index contributed by atoms with van der Waals surface area (Å²) in [6.45, 7) is 0. The summed E-state index contributed by atoms with van der Waals surface area (Å²) >= 11 is 5.39. The highest BCUT2D eigenvalue weighted by molar-refractivity contribution is 6.30. The first kappa shape index (κ1) is 11.9. The molecule has 0 spiro atoms. The summed E-state index contributed by atoms with van der Waals surface area (Å²) in [5.74, 6) is -3.10. The number of carboxylic acids is 1. The normalized spacial score (nSPS) is 12.5. The van der Waals surface area contributed by atoms with Crippen LogP contribution < -0.4 is 5.73 Å². The average molecular weight is 236 g/mol. The summed E-state index contributed by atoms with van der Waals surface area (Å²) in [6.07, 6.45) is -0.413. The second-order valence-corrected chi connectivity index (χ2v) is 3.43. The molecule has 82 valence electrons. The molecule has 0 aliphatic rings. The van der Waals surface area contributed by atoms with Gasteiger partial charge in [-0.1, -0.05) is 11.6 Å². The maximum atomic E-state index is 13.2. The molecule has 1 aromatic rings. The van der Waals surface area contributed by atoms with E-state index in [-0.39, 0.29) is 10.6 Å². The lowest BCUT2D eigenvalue weighted by atomic mass is 10.1. The van der Waals surface area contributed by atoms with Gasteiger partial charge in [-0.05, 0) is 12.1 Å². The summed E-state index contributed by atoms with van der Waals surface area (Å²) in [5.41, 5.74) is 4.79. The van der Waals surface area contributed by atoms with Gasteiger partial charge in [-0.25, -0.2) is 8.78 Å². The molecule has 0 fully saturated rings. The monoisotopic (exact) mass is 235 g/mol. The van der Waals surface area contributed by atoms with Gasteiger partial charge in [0.2, 0.25) is 0 Å². The molecule has 1 atom stereocenters. The molecule has 0 heterocycles. The van der Waals surface area contributed by atoms with Gasteiger partial charge in [-0.3, -0.25) is 4.79 Å². The molecule has 0 saturated carbocycles. The fourth-order valence-corrected chi connectivity index (χ4v) is 1.27. The third kappa shape index (κ3) is 2.87. The first-order valence-corrected chi connectivity index (χ1v) is 4.41. The Bertz CT molecular complexity index is 375. The van der Waals surface area contributed by atoms with Crippen LogP contribution in [0.3, 0.4) is 0 Å². The molecule has 6 heteroatoms. The van der Waals surface area contributed by atoms with Gasteiger partial charge in [0.15, 0.2) is 0 Å². The highest BCUT2D eigenvalue weighted by Crippen LogP contribution is 2.19. The third-order valence-corrected chi connectivity index (χ3v) is 2.07. The average Bonchev–Trinajstić information content (AvgIpc) is 2.10. The Morgan fingerprint density at radius 3 is 2.33 bits per heavy atom. The van der Waals surface area contributed by atoms with Gasteiger partial charge in [0.05, 0.1) is 0 Å². The van der Waals surface area contributed by atoms with Crippen molar-refractivity contribution in [1.82, 2.24) is 0 Å². The van der Waals surface area contributed by atoms with Crippen molar-refractivity contribution in [3.05, 3.63) is 34.4 Å². The highest BCUT2D eigenvalue weighted by atomic mass is 35.5. The Morgan fingerprint density at radius 1 is 1.47 bits per heavy atom. The molecule has 0 aliphatic carbocycles. The summed E-state index contributed by atoms with van der Waals surface area (Å²) in [7, 11) is 0. The lowest BCUT2D eigenvalue weighted by Gasteiger charge is -2.08. The summed E-state index contributed by atoms with van der Waals surface area (Å²) in [4.78, 5) is 10.4. The quantitative estimate of drug-likeness (QED) is 0.836. The molecule has 15 heavy (non-hydrogen) atoms. The zero-order chi connectivity index (χ0) is 11.6. The van der Waals surface area contributed by atoms with Crippen LogP contribution in [0.1, 0.15) is 5.56 Å². The number of benzene rings is 1. The van der Waals surface area contributed by atoms with Crippen LogP contribution in [0, 0.1) is 11.6 Å². The van der Waals surface area contributed by atoms with Gasteiger partial charge < -0.3 is 10.8 Å². The fraction of sp³-hybridized carbons (Fsp3) is 0.222. The highest BCUT2D eigenvalue weighted by Gasteiger charge is 2.18. The van der Waals surface area contributed by atoms with E-state index in [1.807, 2.05) is 0 Å². The number of carboxylic acid groups (broad SMARTS) is 1. The van der Waals surface area contributed by atoms with Crippen LogP contribution in [0.4, 0.5) is 8.78 Å². The van der Waals surface area contributed by atoms with E-state index in [9.17, 15) is 13.6 Å². The maximum Gasteiger partial charge on any atom is 0.320 e. The smallest absolute Gasteiger partial charge is 0.320 e. The van der Waals surface area contributed by atoms with Crippen LogP contribution in [0.25, 0.3) is 0 Å². The molecule has 0 amide bonds. The number of nitrogens with two attached hydrogens (primary N) is 1. The minimum absolute atomic E-state index is 0.0855. The van der Waals surface area contributed by atoms with E-state index in [0.29, 0.717) is 0 Å². The Labute approximate surface area is 89.5 Å². The van der Waals surface area contributed by atoms with E-state index < -0.39 is 30.1 Å². The van der Waals surface area contributed by atoms with E-state index in [4.69, 9.17) is 22.4 Å². The Morgan fingerprint density at radius 2 is 1.93 bits per heavy atom. The standard InChI is InChI=1S/C9H8ClF2NO2/c10-4-1-6(11)5(7(12)2-4)3-8(13)9(14)15/h1-2,8H,3,13H2,(H,14,15)/t8-/m0/s1. The second kappa shape index (κ2) is 4.55. The largest absolute Gasteiger partial charge is 0.480 e. The van der Waals surface area contributed by atoms with Gasteiger partial charge >= 0.3 is 5.97 Å². The summed E-state index contributed by atoms with van der Waals surface area (Å²) in [5, 5.41) is 8.40. The Kier molecular flexibility index (Phi) is 3.60. The van der Waals surface area contributed by atoms with Crippen molar-refractivity contribution >= 4 is 17.6 Å². The molecule has 0 bridgehead atoms. The van der Waals surface area contributed by atoms with E-state index in [1.54, 1.807) is 0 Å². The number of aliphatic carboxylic acids is 1. The Balaban J connectivity index is 3.00. The first-order valence-electron chi connectivity index (χ1n) is 4.03. The first-order chi connectivity index (χ1) is 6.91. The molecule has 1 rings (SSSR count). The van der Waals surface area contributed by atoms with Gasteiger partial charge in [0.1, 0.15) is 17.7 Å². The van der Waals surface area contributed by atoms with Crippen molar-refractivity contribution in [1.29, 1.82) is 0 Å². The summed E-state index contributed by atoms with van der Waals surface area (Å²) < 4.78 is 26.3. The molecule has 3 N–H and O–H groups in total. The van der Waals surface area contributed by atoms with Gasteiger partial charge in [0, 0.05) is 17.0 Å². The lowest BCUT2D eigenvalue weighted by Crippen LogP contribution is -2.32. The van der Waals surface area contributed by atoms with Crippen LogP contribution in [0.15, 0.2) is 12.1 Å². The van der Waals surface area contributed by atoms with E-state index >= 15 is 0 Å². The third-order valence-electron chi connectivity index (χ3n) is 1.85. The van der Waals surface area contributed by atoms with Crippen LogP contribution >= 0.6 is 11.6 Å². The van der Waals surface area contributed by atoms with Crippen LogP contribution in [-0.4, -0.2) is 17.1 Å². The molecule has 0 unspecified atom stereocenters. The Hall–Kier alpha value is -1.20. The second-order valence-electron chi connectivity index (χ2n) is 3.00. The molecular weight excluding hydrogens is 228 g/mol. The maximum absolute atomic E-state index is 13.2.